The van der Waals surface area contributed by atoms with Gasteiger partial charge in [-0.2, -0.15) is 0 Å². The molecule has 19 heavy (non-hydrogen) atoms. The number of hydrogen-bond acceptors (Lipinski definition) is 3. The summed E-state index contributed by atoms with van der Waals surface area (Å²) in [6.45, 7) is 13.6. The highest BCUT2D eigenvalue weighted by Crippen LogP contribution is 2.40. The molecule has 0 aliphatic carbocycles. The summed E-state index contributed by atoms with van der Waals surface area (Å²) < 4.78 is 0. The highest BCUT2D eigenvalue weighted by molar-refractivity contribution is 5.79. The number of rotatable bonds is 1. The largest absolute Gasteiger partial charge is 0.365 e. The number of nitrogens with one attached hydrogen (secondary N) is 1. The predicted octanol–water partition coefficient (Wildman–Crippen LogP) is 2.31. The summed E-state index contributed by atoms with van der Waals surface area (Å²) in [5, 5.41) is 3.53. The van der Waals surface area contributed by atoms with Crippen molar-refractivity contribution in [3.63, 3.8) is 0 Å². The SMILES string of the molecule is Cc1ccc2c(c1C)N(C(C)C)CC1CNCCN21. The molecule has 1 saturated heterocycles. The quantitative estimate of drug-likeness (QED) is 0.835. The highest BCUT2D eigenvalue weighted by atomic mass is 15.3. The maximum absolute atomic E-state index is 3.53. The Labute approximate surface area is 116 Å². The summed E-state index contributed by atoms with van der Waals surface area (Å²) in [5.41, 5.74) is 5.75. The second-order valence-electron chi connectivity index (χ2n) is 6.17. The molecule has 1 N–H and O–H groups in total. The number of hydrogen-bond donors (Lipinski definition) is 1. The van der Waals surface area contributed by atoms with Crippen molar-refractivity contribution in [1.82, 2.24) is 5.32 Å². The molecular weight excluding hydrogens is 234 g/mol. The van der Waals surface area contributed by atoms with Gasteiger partial charge in [0, 0.05) is 32.2 Å². The first kappa shape index (κ1) is 12.8. The van der Waals surface area contributed by atoms with Crippen LogP contribution in [0.4, 0.5) is 11.4 Å². The Morgan fingerprint density at radius 2 is 2.05 bits per heavy atom. The van der Waals surface area contributed by atoms with Crippen molar-refractivity contribution in [3.8, 4) is 0 Å². The zero-order chi connectivity index (χ0) is 13.6. The van der Waals surface area contributed by atoms with E-state index in [1.807, 2.05) is 0 Å². The van der Waals surface area contributed by atoms with Gasteiger partial charge >= 0.3 is 0 Å². The fourth-order valence-corrected chi connectivity index (χ4v) is 3.41. The number of fused-ring (bicyclic) bond motifs is 3. The molecule has 0 aromatic heterocycles. The molecule has 1 aromatic carbocycles. The van der Waals surface area contributed by atoms with Crippen LogP contribution in [0.25, 0.3) is 0 Å². The Bertz CT molecular complexity index is 481. The maximum Gasteiger partial charge on any atom is 0.0639 e. The minimum atomic E-state index is 0.559. The Kier molecular flexibility index (Phi) is 3.17. The van der Waals surface area contributed by atoms with Crippen LogP contribution >= 0.6 is 0 Å². The van der Waals surface area contributed by atoms with Crippen molar-refractivity contribution < 1.29 is 0 Å². The molecule has 2 aliphatic rings. The normalized spacial score (nSPS) is 22.5. The Morgan fingerprint density at radius 3 is 2.79 bits per heavy atom. The van der Waals surface area contributed by atoms with Gasteiger partial charge in [-0.15, -0.1) is 0 Å². The van der Waals surface area contributed by atoms with Crippen molar-refractivity contribution in [2.45, 2.75) is 39.8 Å². The summed E-state index contributed by atoms with van der Waals surface area (Å²) >= 11 is 0. The fourth-order valence-electron chi connectivity index (χ4n) is 3.41. The van der Waals surface area contributed by atoms with Gasteiger partial charge in [-0.1, -0.05) is 6.07 Å². The second-order valence-corrected chi connectivity index (χ2v) is 6.17. The molecule has 1 atom stereocenters. The Morgan fingerprint density at radius 1 is 1.26 bits per heavy atom. The lowest BCUT2D eigenvalue weighted by atomic mass is 9.97. The summed E-state index contributed by atoms with van der Waals surface area (Å²) in [5.74, 6) is 0. The molecule has 3 nitrogen and oxygen atoms in total. The molecule has 1 fully saturated rings. The van der Waals surface area contributed by atoms with E-state index in [1.54, 1.807) is 0 Å². The Hall–Kier alpha value is -1.22. The number of benzene rings is 1. The van der Waals surface area contributed by atoms with Gasteiger partial charge in [-0.05, 0) is 44.9 Å². The maximum atomic E-state index is 3.53. The van der Waals surface area contributed by atoms with Gasteiger partial charge in [-0.25, -0.2) is 0 Å². The molecule has 0 radical (unpaired) electrons. The van der Waals surface area contributed by atoms with Crippen molar-refractivity contribution in [2.75, 3.05) is 36.0 Å². The molecule has 0 spiro atoms. The van der Waals surface area contributed by atoms with E-state index in [1.165, 1.54) is 22.5 Å². The average molecular weight is 259 g/mol. The van der Waals surface area contributed by atoms with Gasteiger partial charge in [0.25, 0.3) is 0 Å². The molecule has 1 aromatic rings. The number of anilines is 2. The van der Waals surface area contributed by atoms with E-state index in [-0.39, 0.29) is 0 Å². The number of aryl methyl sites for hydroxylation is 1. The van der Waals surface area contributed by atoms with E-state index in [2.05, 4.69) is 54.9 Å². The van der Waals surface area contributed by atoms with Gasteiger partial charge in [0.2, 0.25) is 0 Å². The van der Waals surface area contributed by atoms with Crippen LogP contribution in [0.5, 0.6) is 0 Å². The van der Waals surface area contributed by atoms with Crippen LogP contribution < -0.4 is 15.1 Å². The van der Waals surface area contributed by atoms with Gasteiger partial charge in [0.15, 0.2) is 0 Å². The standard InChI is InChI=1S/C16H25N3/c1-11(2)19-10-14-9-17-7-8-18(14)15-6-5-12(3)13(4)16(15)19/h5-6,11,14,17H,7-10H2,1-4H3. The molecule has 2 heterocycles. The molecule has 0 amide bonds. The van der Waals surface area contributed by atoms with Gasteiger partial charge in [0.05, 0.1) is 17.4 Å². The smallest absolute Gasteiger partial charge is 0.0639 e. The van der Waals surface area contributed by atoms with Gasteiger partial charge in [0.1, 0.15) is 0 Å². The topological polar surface area (TPSA) is 18.5 Å². The molecule has 3 rings (SSSR count). The monoisotopic (exact) mass is 259 g/mol. The first-order valence-corrected chi connectivity index (χ1v) is 7.44. The van der Waals surface area contributed by atoms with Crippen LogP contribution in [0.2, 0.25) is 0 Å². The molecule has 2 aliphatic heterocycles. The lowest BCUT2D eigenvalue weighted by Gasteiger charge is -2.49. The first-order valence-electron chi connectivity index (χ1n) is 7.44. The average Bonchev–Trinajstić information content (AvgIpc) is 2.41. The van der Waals surface area contributed by atoms with E-state index < -0.39 is 0 Å². The third kappa shape index (κ3) is 2.00. The highest BCUT2D eigenvalue weighted by Gasteiger charge is 2.34. The number of piperazine rings is 1. The van der Waals surface area contributed by atoms with E-state index in [9.17, 15) is 0 Å². The van der Waals surface area contributed by atoms with Gasteiger partial charge < -0.3 is 15.1 Å². The minimum Gasteiger partial charge on any atom is -0.365 e. The van der Waals surface area contributed by atoms with E-state index in [0.29, 0.717) is 12.1 Å². The summed E-state index contributed by atoms with van der Waals surface area (Å²) in [4.78, 5) is 5.20. The summed E-state index contributed by atoms with van der Waals surface area (Å²) in [6.07, 6.45) is 0. The summed E-state index contributed by atoms with van der Waals surface area (Å²) in [7, 11) is 0. The van der Waals surface area contributed by atoms with E-state index in [0.717, 1.165) is 26.2 Å². The molecule has 0 saturated carbocycles. The van der Waals surface area contributed by atoms with E-state index >= 15 is 0 Å². The molecular formula is C16H25N3. The van der Waals surface area contributed by atoms with Crippen LogP contribution in [-0.2, 0) is 0 Å². The van der Waals surface area contributed by atoms with Crippen LogP contribution in [0.3, 0.4) is 0 Å². The van der Waals surface area contributed by atoms with Crippen molar-refractivity contribution in [2.24, 2.45) is 0 Å². The molecule has 3 heteroatoms. The molecule has 104 valence electrons. The van der Waals surface area contributed by atoms with Crippen molar-refractivity contribution >= 4 is 11.4 Å². The van der Waals surface area contributed by atoms with E-state index in [4.69, 9.17) is 0 Å². The van der Waals surface area contributed by atoms with Crippen LogP contribution in [0.15, 0.2) is 12.1 Å². The lowest BCUT2D eigenvalue weighted by Crippen LogP contribution is -2.60. The predicted molar refractivity (Wildman–Crippen MR) is 82.4 cm³/mol. The first-order chi connectivity index (χ1) is 9.09. The lowest BCUT2D eigenvalue weighted by molar-refractivity contribution is 0.448. The zero-order valence-corrected chi connectivity index (χ0v) is 12.5. The third-order valence-corrected chi connectivity index (χ3v) is 4.66. The third-order valence-electron chi connectivity index (χ3n) is 4.66. The van der Waals surface area contributed by atoms with Gasteiger partial charge in [-0.3, -0.25) is 0 Å². The van der Waals surface area contributed by atoms with Crippen LogP contribution in [0.1, 0.15) is 25.0 Å². The molecule has 1 unspecified atom stereocenters. The summed E-state index contributed by atoms with van der Waals surface area (Å²) in [6, 6.07) is 5.77. The Balaban J connectivity index is 2.12. The number of nitrogens with zero attached hydrogens (tertiary/aromatic N) is 2. The van der Waals surface area contributed by atoms with Crippen molar-refractivity contribution in [1.29, 1.82) is 0 Å². The second kappa shape index (κ2) is 4.71. The minimum absolute atomic E-state index is 0.559. The molecule has 0 bridgehead atoms. The van der Waals surface area contributed by atoms with Crippen LogP contribution in [0, 0.1) is 13.8 Å². The van der Waals surface area contributed by atoms with Crippen LogP contribution in [-0.4, -0.2) is 38.3 Å². The zero-order valence-electron chi connectivity index (χ0n) is 12.5. The fraction of sp³-hybridized carbons (Fsp3) is 0.625. The van der Waals surface area contributed by atoms with Crippen molar-refractivity contribution in [3.05, 3.63) is 23.3 Å².